The highest BCUT2D eigenvalue weighted by Crippen LogP contribution is 2.33. The zero-order valence-electron chi connectivity index (χ0n) is 11.5. The Morgan fingerprint density at radius 2 is 2.40 bits per heavy atom. The van der Waals surface area contributed by atoms with Gasteiger partial charge in [0, 0.05) is 18.5 Å². The Hall–Kier alpha value is -1.76. The second-order valence-electron chi connectivity index (χ2n) is 5.41. The van der Waals surface area contributed by atoms with Crippen LogP contribution in [0.25, 0.3) is 0 Å². The molecule has 106 valence electrons. The molecule has 1 atom stereocenters. The number of nitrogens with zero attached hydrogens (tertiary/aromatic N) is 4. The fourth-order valence-corrected chi connectivity index (χ4v) is 3.14. The van der Waals surface area contributed by atoms with Crippen LogP contribution < -0.4 is 0 Å². The Kier molecular flexibility index (Phi) is 3.29. The molecule has 0 saturated carbocycles. The topological polar surface area (TPSA) is 72.1 Å². The fourth-order valence-electron chi connectivity index (χ4n) is 2.61. The minimum absolute atomic E-state index is 0.0200. The molecule has 0 aliphatic carbocycles. The average molecular weight is 292 g/mol. The standard InChI is InChI=1S/C13H16N4O2S/c1-9-15-12(19-16-9)13(2)4-3-5-17(7-13)11(18)10-6-20-8-14-10/h6,8H,3-5,7H2,1-2H3. The molecule has 2 aromatic heterocycles. The van der Waals surface area contributed by atoms with E-state index in [1.54, 1.807) is 17.8 Å². The molecule has 0 bridgehead atoms. The van der Waals surface area contributed by atoms with E-state index in [2.05, 4.69) is 22.0 Å². The molecule has 0 spiro atoms. The van der Waals surface area contributed by atoms with Crippen LogP contribution in [0, 0.1) is 6.92 Å². The fraction of sp³-hybridized carbons (Fsp3) is 0.538. The Bertz CT molecular complexity index is 610. The molecule has 1 unspecified atom stereocenters. The predicted molar refractivity (Wildman–Crippen MR) is 73.6 cm³/mol. The molecule has 3 heterocycles. The number of hydrogen-bond acceptors (Lipinski definition) is 6. The molecule has 1 saturated heterocycles. The van der Waals surface area contributed by atoms with Gasteiger partial charge in [-0.1, -0.05) is 5.16 Å². The van der Waals surface area contributed by atoms with Gasteiger partial charge >= 0.3 is 0 Å². The molecule has 2 aromatic rings. The van der Waals surface area contributed by atoms with Gasteiger partial charge in [-0.3, -0.25) is 4.79 Å². The van der Waals surface area contributed by atoms with E-state index in [9.17, 15) is 4.79 Å². The molecule has 20 heavy (non-hydrogen) atoms. The summed E-state index contributed by atoms with van der Waals surface area (Å²) in [5, 5.41) is 5.64. The van der Waals surface area contributed by atoms with Crippen molar-refractivity contribution in [2.24, 2.45) is 0 Å². The van der Waals surface area contributed by atoms with Crippen LogP contribution >= 0.6 is 11.3 Å². The van der Waals surface area contributed by atoms with Crippen LogP contribution in [0.2, 0.25) is 0 Å². The van der Waals surface area contributed by atoms with Crippen molar-refractivity contribution in [3.63, 3.8) is 0 Å². The maximum atomic E-state index is 12.4. The normalized spacial score (nSPS) is 23.0. The predicted octanol–water partition coefficient (Wildman–Crippen LogP) is 2.03. The van der Waals surface area contributed by atoms with Crippen LogP contribution in [0.3, 0.4) is 0 Å². The lowest BCUT2D eigenvalue weighted by atomic mass is 9.81. The molecular weight excluding hydrogens is 276 g/mol. The second-order valence-corrected chi connectivity index (χ2v) is 6.13. The summed E-state index contributed by atoms with van der Waals surface area (Å²) in [4.78, 5) is 22.6. The van der Waals surface area contributed by atoms with E-state index in [-0.39, 0.29) is 11.3 Å². The van der Waals surface area contributed by atoms with E-state index < -0.39 is 0 Å². The highest BCUT2D eigenvalue weighted by atomic mass is 32.1. The number of aryl methyl sites for hydroxylation is 1. The number of amides is 1. The van der Waals surface area contributed by atoms with Crippen LogP contribution in [-0.2, 0) is 5.41 Å². The van der Waals surface area contributed by atoms with Gasteiger partial charge in [-0.15, -0.1) is 11.3 Å². The van der Waals surface area contributed by atoms with Crippen LogP contribution in [0.1, 0.15) is 42.0 Å². The Morgan fingerprint density at radius 3 is 3.05 bits per heavy atom. The van der Waals surface area contributed by atoms with Crippen molar-refractivity contribution in [3.05, 3.63) is 28.3 Å². The van der Waals surface area contributed by atoms with Gasteiger partial charge in [0.25, 0.3) is 5.91 Å². The monoisotopic (exact) mass is 292 g/mol. The number of piperidine rings is 1. The van der Waals surface area contributed by atoms with Crippen LogP contribution in [0.15, 0.2) is 15.4 Å². The summed E-state index contributed by atoms with van der Waals surface area (Å²) in [6.45, 7) is 5.21. The summed E-state index contributed by atoms with van der Waals surface area (Å²) < 4.78 is 5.31. The third kappa shape index (κ3) is 2.33. The Morgan fingerprint density at radius 1 is 1.55 bits per heavy atom. The smallest absolute Gasteiger partial charge is 0.273 e. The van der Waals surface area contributed by atoms with E-state index in [0.29, 0.717) is 24.0 Å². The SMILES string of the molecule is Cc1noc(C2(C)CCCN(C(=O)c3cscn3)C2)n1. The van der Waals surface area contributed by atoms with Gasteiger partial charge < -0.3 is 9.42 Å². The first kappa shape index (κ1) is 13.2. The first-order valence-corrected chi connectivity index (χ1v) is 7.51. The Labute approximate surface area is 120 Å². The molecule has 7 heteroatoms. The molecule has 3 rings (SSSR count). The molecular formula is C13H16N4O2S. The van der Waals surface area contributed by atoms with Gasteiger partial charge in [-0.25, -0.2) is 4.98 Å². The second kappa shape index (κ2) is 4.97. The highest BCUT2D eigenvalue weighted by molar-refractivity contribution is 7.07. The zero-order chi connectivity index (χ0) is 14.2. The summed E-state index contributed by atoms with van der Waals surface area (Å²) >= 11 is 1.43. The summed E-state index contributed by atoms with van der Waals surface area (Å²) in [6, 6.07) is 0. The summed E-state index contributed by atoms with van der Waals surface area (Å²) in [7, 11) is 0. The van der Waals surface area contributed by atoms with Gasteiger partial charge in [0.1, 0.15) is 5.69 Å². The van der Waals surface area contributed by atoms with E-state index in [1.807, 2.05) is 4.90 Å². The first-order valence-electron chi connectivity index (χ1n) is 6.57. The number of carbonyl (C=O) groups excluding carboxylic acids is 1. The Balaban J connectivity index is 1.81. The minimum Gasteiger partial charge on any atom is -0.339 e. The van der Waals surface area contributed by atoms with Crippen molar-refractivity contribution in [2.45, 2.75) is 32.1 Å². The maximum absolute atomic E-state index is 12.4. The molecule has 1 aliphatic rings. The van der Waals surface area contributed by atoms with E-state index >= 15 is 0 Å². The van der Waals surface area contributed by atoms with Crippen molar-refractivity contribution in [3.8, 4) is 0 Å². The molecule has 1 fully saturated rings. The van der Waals surface area contributed by atoms with Crippen LogP contribution in [0.5, 0.6) is 0 Å². The number of rotatable bonds is 2. The van der Waals surface area contributed by atoms with Gasteiger partial charge in [-0.05, 0) is 26.7 Å². The first-order chi connectivity index (χ1) is 9.58. The number of carbonyl (C=O) groups is 1. The van der Waals surface area contributed by atoms with E-state index in [4.69, 9.17) is 4.52 Å². The number of likely N-dealkylation sites (tertiary alicyclic amines) is 1. The molecule has 0 aromatic carbocycles. The van der Waals surface area contributed by atoms with Crippen molar-refractivity contribution < 1.29 is 9.32 Å². The van der Waals surface area contributed by atoms with Gasteiger partial charge in [-0.2, -0.15) is 4.98 Å². The number of thiazole rings is 1. The van der Waals surface area contributed by atoms with Crippen LogP contribution in [0.4, 0.5) is 0 Å². The molecule has 0 N–H and O–H groups in total. The summed E-state index contributed by atoms with van der Waals surface area (Å²) in [5.41, 5.74) is 1.92. The molecule has 1 amide bonds. The number of aromatic nitrogens is 3. The molecule has 0 radical (unpaired) electrons. The van der Waals surface area contributed by atoms with Crippen molar-refractivity contribution in [1.82, 2.24) is 20.0 Å². The van der Waals surface area contributed by atoms with Gasteiger partial charge in [0.15, 0.2) is 5.82 Å². The van der Waals surface area contributed by atoms with Gasteiger partial charge in [0.2, 0.25) is 5.89 Å². The lowest BCUT2D eigenvalue weighted by Gasteiger charge is -2.37. The zero-order valence-corrected chi connectivity index (χ0v) is 12.3. The van der Waals surface area contributed by atoms with E-state index in [0.717, 1.165) is 19.4 Å². The van der Waals surface area contributed by atoms with Crippen LogP contribution in [-0.4, -0.2) is 39.0 Å². The third-order valence-electron chi connectivity index (χ3n) is 3.68. The number of hydrogen-bond donors (Lipinski definition) is 0. The molecule has 6 nitrogen and oxygen atoms in total. The minimum atomic E-state index is -0.273. The highest BCUT2D eigenvalue weighted by Gasteiger charge is 2.39. The lowest BCUT2D eigenvalue weighted by molar-refractivity contribution is 0.0615. The van der Waals surface area contributed by atoms with E-state index in [1.165, 1.54) is 11.3 Å². The third-order valence-corrected chi connectivity index (χ3v) is 4.27. The van der Waals surface area contributed by atoms with Crippen molar-refractivity contribution in [2.75, 3.05) is 13.1 Å². The summed E-state index contributed by atoms with van der Waals surface area (Å²) in [6.07, 6.45) is 1.86. The quantitative estimate of drug-likeness (QED) is 0.847. The summed E-state index contributed by atoms with van der Waals surface area (Å²) in [5.74, 6) is 1.23. The lowest BCUT2D eigenvalue weighted by Crippen LogP contribution is -2.47. The largest absolute Gasteiger partial charge is 0.339 e. The van der Waals surface area contributed by atoms with Crippen molar-refractivity contribution in [1.29, 1.82) is 0 Å². The van der Waals surface area contributed by atoms with Gasteiger partial charge in [0.05, 0.1) is 10.9 Å². The molecule has 1 aliphatic heterocycles. The average Bonchev–Trinajstić information content (AvgIpc) is 3.09. The van der Waals surface area contributed by atoms with Crippen molar-refractivity contribution >= 4 is 17.2 Å². The maximum Gasteiger partial charge on any atom is 0.273 e.